The second-order valence-electron chi connectivity index (χ2n) is 4.73. The third-order valence-corrected chi connectivity index (χ3v) is 3.41. The average Bonchev–Trinajstić information content (AvgIpc) is 2.85. The third kappa shape index (κ3) is 3.74. The van der Waals surface area contributed by atoms with Crippen LogP contribution in [0.5, 0.6) is 0 Å². The number of anilines is 2. The average molecular weight is 291 g/mol. The molecule has 7 heteroatoms. The second-order valence-corrected chi connectivity index (χ2v) is 5.79. The number of rotatable bonds is 5. The van der Waals surface area contributed by atoms with Crippen LogP contribution in [0.25, 0.3) is 0 Å². The van der Waals surface area contributed by atoms with Gasteiger partial charge in [0.2, 0.25) is 5.13 Å². The molecule has 2 rings (SSSR count). The van der Waals surface area contributed by atoms with E-state index in [-0.39, 0.29) is 5.91 Å². The monoisotopic (exact) mass is 291 g/mol. The fourth-order valence-electron chi connectivity index (χ4n) is 1.61. The standard InChI is InChI=1S/C13H17N5OS/c1-8(2)6-11-17-18-13(20-11)16-12(19)9-4-5-15-10(7-9)14-3/h4-5,7-8H,6H2,1-3H3,(H,14,15)(H,16,18,19). The van der Waals surface area contributed by atoms with Crippen molar-refractivity contribution < 1.29 is 4.79 Å². The summed E-state index contributed by atoms with van der Waals surface area (Å²) >= 11 is 1.41. The smallest absolute Gasteiger partial charge is 0.257 e. The number of amides is 1. The Morgan fingerprint density at radius 1 is 1.40 bits per heavy atom. The maximum Gasteiger partial charge on any atom is 0.257 e. The van der Waals surface area contributed by atoms with E-state index in [0.717, 1.165) is 11.4 Å². The van der Waals surface area contributed by atoms with E-state index < -0.39 is 0 Å². The van der Waals surface area contributed by atoms with E-state index in [4.69, 9.17) is 0 Å². The second kappa shape index (κ2) is 6.42. The predicted octanol–water partition coefficient (Wildman–Crippen LogP) is 2.43. The summed E-state index contributed by atoms with van der Waals surface area (Å²) in [4.78, 5) is 16.2. The molecule has 2 aromatic rings. The normalized spacial score (nSPS) is 10.6. The summed E-state index contributed by atoms with van der Waals surface area (Å²) < 4.78 is 0. The molecule has 0 aliphatic carbocycles. The largest absolute Gasteiger partial charge is 0.373 e. The quantitative estimate of drug-likeness (QED) is 0.884. The molecule has 20 heavy (non-hydrogen) atoms. The Labute approximate surface area is 121 Å². The lowest BCUT2D eigenvalue weighted by molar-refractivity contribution is 0.102. The van der Waals surface area contributed by atoms with Crippen LogP contribution in [-0.4, -0.2) is 28.1 Å². The van der Waals surface area contributed by atoms with Crippen molar-refractivity contribution in [2.45, 2.75) is 20.3 Å². The van der Waals surface area contributed by atoms with E-state index in [9.17, 15) is 4.79 Å². The van der Waals surface area contributed by atoms with Crippen LogP contribution in [0.4, 0.5) is 10.9 Å². The van der Waals surface area contributed by atoms with Crippen molar-refractivity contribution in [3.63, 3.8) is 0 Å². The van der Waals surface area contributed by atoms with Crippen LogP contribution < -0.4 is 10.6 Å². The Morgan fingerprint density at radius 2 is 2.20 bits per heavy atom. The Bertz CT molecular complexity index is 596. The molecule has 0 aliphatic heterocycles. The van der Waals surface area contributed by atoms with Gasteiger partial charge in [-0.25, -0.2) is 4.98 Å². The molecule has 0 atom stereocenters. The lowest BCUT2D eigenvalue weighted by Crippen LogP contribution is -2.12. The number of nitrogens with zero attached hydrogens (tertiary/aromatic N) is 3. The number of hydrogen-bond acceptors (Lipinski definition) is 6. The summed E-state index contributed by atoms with van der Waals surface area (Å²) in [7, 11) is 1.76. The van der Waals surface area contributed by atoms with Gasteiger partial charge in [-0.05, 0) is 18.1 Å². The number of hydrogen-bond donors (Lipinski definition) is 2. The molecule has 0 fully saturated rings. The van der Waals surface area contributed by atoms with Gasteiger partial charge < -0.3 is 5.32 Å². The van der Waals surface area contributed by atoms with Crippen molar-refractivity contribution >= 4 is 28.2 Å². The molecule has 2 N–H and O–H groups in total. The van der Waals surface area contributed by atoms with E-state index in [0.29, 0.717) is 22.4 Å². The van der Waals surface area contributed by atoms with Crippen LogP contribution in [0.15, 0.2) is 18.3 Å². The molecule has 0 bridgehead atoms. The first-order valence-corrected chi connectivity index (χ1v) is 7.17. The van der Waals surface area contributed by atoms with Crippen molar-refractivity contribution in [1.82, 2.24) is 15.2 Å². The summed E-state index contributed by atoms with van der Waals surface area (Å²) in [5, 5.41) is 15.2. The summed E-state index contributed by atoms with van der Waals surface area (Å²) in [6.45, 7) is 4.24. The number of aromatic nitrogens is 3. The third-order valence-electron chi connectivity index (χ3n) is 2.55. The number of pyridine rings is 1. The van der Waals surface area contributed by atoms with Crippen LogP contribution in [0.1, 0.15) is 29.2 Å². The molecule has 0 aromatic carbocycles. The molecule has 0 radical (unpaired) electrons. The van der Waals surface area contributed by atoms with E-state index in [1.807, 2.05) is 0 Å². The molecule has 106 valence electrons. The van der Waals surface area contributed by atoms with Gasteiger partial charge in [-0.15, -0.1) is 10.2 Å². The van der Waals surface area contributed by atoms with Gasteiger partial charge in [0.05, 0.1) is 0 Å². The molecular weight excluding hydrogens is 274 g/mol. The molecule has 0 spiro atoms. The minimum atomic E-state index is -0.212. The maximum absolute atomic E-state index is 12.1. The fraction of sp³-hybridized carbons (Fsp3) is 0.385. The van der Waals surface area contributed by atoms with Crippen LogP contribution >= 0.6 is 11.3 Å². The van der Waals surface area contributed by atoms with Crippen molar-refractivity contribution in [3.8, 4) is 0 Å². The lowest BCUT2D eigenvalue weighted by Gasteiger charge is -2.03. The first-order valence-electron chi connectivity index (χ1n) is 6.36. The van der Waals surface area contributed by atoms with Crippen molar-refractivity contribution in [3.05, 3.63) is 28.9 Å². The molecule has 0 aliphatic rings. The Kier molecular flexibility index (Phi) is 4.62. The van der Waals surface area contributed by atoms with Crippen molar-refractivity contribution in [2.24, 2.45) is 5.92 Å². The van der Waals surface area contributed by atoms with Gasteiger partial charge in [0.15, 0.2) is 0 Å². The van der Waals surface area contributed by atoms with Gasteiger partial charge in [-0.2, -0.15) is 0 Å². The van der Waals surface area contributed by atoms with Crippen LogP contribution in [0.3, 0.4) is 0 Å². The topological polar surface area (TPSA) is 79.8 Å². The highest BCUT2D eigenvalue weighted by molar-refractivity contribution is 7.15. The van der Waals surface area contributed by atoms with Gasteiger partial charge in [0.1, 0.15) is 10.8 Å². The minimum Gasteiger partial charge on any atom is -0.373 e. The molecular formula is C13H17N5OS. The summed E-state index contributed by atoms with van der Waals surface area (Å²) in [5.74, 6) is 0.955. The predicted molar refractivity (Wildman–Crippen MR) is 80.2 cm³/mol. The molecule has 0 unspecified atom stereocenters. The molecule has 1 amide bonds. The van der Waals surface area contributed by atoms with Crippen molar-refractivity contribution in [2.75, 3.05) is 17.7 Å². The highest BCUT2D eigenvalue weighted by atomic mass is 32.1. The molecule has 6 nitrogen and oxygen atoms in total. The summed E-state index contributed by atoms with van der Waals surface area (Å²) in [5.41, 5.74) is 0.532. The lowest BCUT2D eigenvalue weighted by atomic mass is 10.1. The van der Waals surface area contributed by atoms with E-state index in [2.05, 4.69) is 39.7 Å². The van der Waals surface area contributed by atoms with Crippen LogP contribution in [0, 0.1) is 5.92 Å². The van der Waals surface area contributed by atoms with Gasteiger partial charge >= 0.3 is 0 Å². The zero-order chi connectivity index (χ0) is 14.5. The van der Waals surface area contributed by atoms with E-state index in [1.165, 1.54) is 11.3 Å². The Hall–Kier alpha value is -2.02. The number of carbonyl (C=O) groups excluding carboxylic acids is 1. The van der Waals surface area contributed by atoms with Gasteiger partial charge in [0.25, 0.3) is 5.91 Å². The zero-order valence-corrected chi connectivity index (χ0v) is 12.5. The fourth-order valence-corrected chi connectivity index (χ4v) is 2.56. The molecule has 2 heterocycles. The maximum atomic E-state index is 12.1. The number of carbonyl (C=O) groups is 1. The first-order chi connectivity index (χ1) is 9.58. The summed E-state index contributed by atoms with van der Waals surface area (Å²) in [6.07, 6.45) is 2.46. The molecule has 0 saturated heterocycles. The van der Waals surface area contributed by atoms with Crippen molar-refractivity contribution in [1.29, 1.82) is 0 Å². The van der Waals surface area contributed by atoms with Gasteiger partial charge in [0, 0.05) is 25.2 Å². The highest BCUT2D eigenvalue weighted by Crippen LogP contribution is 2.19. The minimum absolute atomic E-state index is 0.212. The van der Waals surface area contributed by atoms with Crippen LogP contribution in [0.2, 0.25) is 0 Å². The zero-order valence-electron chi connectivity index (χ0n) is 11.7. The Morgan fingerprint density at radius 3 is 2.90 bits per heavy atom. The highest BCUT2D eigenvalue weighted by Gasteiger charge is 2.11. The van der Waals surface area contributed by atoms with Crippen LogP contribution in [-0.2, 0) is 6.42 Å². The van der Waals surface area contributed by atoms with E-state index >= 15 is 0 Å². The van der Waals surface area contributed by atoms with Gasteiger partial charge in [-0.3, -0.25) is 10.1 Å². The summed E-state index contributed by atoms with van der Waals surface area (Å²) in [6, 6.07) is 3.34. The Balaban J connectivity index is 2.05. The molecule has 0 saturated carbocycles. The molecule has 2 aromatic heterocycles. The van der Waals surface area contributed by atoms with E-state index in [1.54, 1.807) is 25.4 Å². The SMILES string of the molecule is CNc1cc(C(=O)Nc2nnc(CC(C)C)s2)ccn1. The first kappa shape index (κ1) is 14.4. The number of nitrogens with one attached hydrogen (secondary N) is 2. The van der Waals surface area contributed by atoms with Gasteiger partial charge in [-0.1, -0.05) is 25.2 Å².